The number of likely N-dealkylation sites (N-methyl/N-ethyl adjacent to an activating group) is 1. The molecule has 110 valence electrons. The minimum atomic E-state index is -0.0613. The zero-order valence-electron chi connectivity index (χ0n) is 11.8. The first-order valence-electron chi connectivity index (χ1n) is 6.92. The summed E-state index contributed by atoms with van der Waals surface area (Å²) in [6.07, 6.45) is 1.01. The Hall–Kier alpha value is -0.840. The number of amides is 1. The summed E-state index contributed by atoms with van der Waals surface area (Å²) in [6.45, 7) is 7.82. The molecule has 20 heavy (non-hydrogen) atoms. The van der Waals surface area contributed by atoms with E-state index in [1.165, 1.54) is 0 Å². The maximum atomic E-state index is 12.5. The van der Waals surface area contributed by atoms with E-state index in [-0.39, 0.29) is 11.1 Å². The van der Waals surface area contributed by atoms with E-state index < -0.39 is 0 Å². The van der Waals surface area contributed by atoms with Gasteiger partial charge in [0, 0.05) is 19.1 Å². The normalized spacial score (nSPS) is 18.9. The largest absolute Gasteiger partial charge is 0.337 e. The van der Waals surface area contributed by atoms with Crippen molar-refractivity contribution in [2.45, 2.75) is 26.3 Å². The Morgan fingerprint density at radius 3 is 2.70 bits per heavy atom. The zero-order valence-corrected chi connectivity index (χ0v) is 13.3. The average Bonchev–Trinajstić information content (AvgIpc) is 2.89. The summed E-state index contributed by atoms with van der Waals surface area (Å²) in [4.78, 5) is 20.6. The predicted molar refractivity (Wildman–Crippen MR) is 81.5 cm³/mol. The van der Waals surface area contributed by atoms with E-state index in [0.29, 0.717) is 16.8 Å². The van der Waals surface area contributed by atoms with Gasteiger partial charge in [0.05, 0.1) is 5.56 Å². The molecule has 4 nitrogen and oxygen atoms in total. The van der Waals surface area contributed by atoms with Crippen molar-refractivity contribution in [1.29, 1.82) is 0 Å². The lowest BCUT2D eigenvalue weighted by Gasteiger charge is -2.26. The molecular formula is C14H19Cl2N3O. The third kappa shape index (κ3) is 3.25. The van der Waals surface area contributed by atoms with Gasteiger partial charge in [-0.1, -0.05) is 37.0 Å². The summed E-state index contributed by atoms with van der Waals surface area (Å²) >= 11 is 11.8. The highest BCUT2D eigenvalue weighted by molar-refractivity contribution is 6.34. The Morgan fingerprint density at radius 1 is 1.40 bits per heavy atom. The molecule has 1 aliphatic heterocycles. The van der Waals surface area contributed by atoms with Crippen LogP contribution >= 0.6 is 23.2 Å². The van der Waals surface area contributed by atoms with Gasteiger partial charge in [-0.25, -0.2) is 4.98 Å². The van der Waals surface area contributed by atoms with Crippen LogP contribution in [-0.4, -0.2) is 52.9 Å². The monoisotopic (exact) mass is 315 g/mol. The van der Waals surface area contributed by atoms with Crippen LogP contribution in [0.2, 0.25) is 10.3 Å². The van der Waals surface area contributed by atoms with E-state index in [0.717, 1.165) is 32.6 Å². The first-order chi connectivity index (χ1) is 9.56. The van der Waals surface area contributed by atoms with E-state index in [1.807, 2.05) is 4.90 Å². The molecule has 1 unspecified atom stereocenters. The topological polar surface area (TPSA) is 36.4 Å². The van der Waals surface area contributed by atoms with Gasteiger partial charge in [-0.3, -0.25) is 9.69 Å². The van der Waals surface area contributed by atoms with Crippen molar-refractivity contribution in [3.05, 3.63) is 28.0 Å². The molecule has 0 N–H and O–H groups in total. The smallest absolute Gasteiger partial charge is 0.257 e. The first-order valence-corrected chi connectivity index (χ1v) is 7.67. The van der Waals surface area contributed by atoms with Gasteiger partial charge >= 0.3 is 0 Å². The summed E-state index contributed by atoms with van der Waals surface area (Å²) in [5.41, 5.74) is 0.427. The summed E-state index contributed by atoms with van der Waals surface area (Å²) in [5.74, 6) is -0.0613. The lowest BCUT2D eigenvalue weighted by atomic mass is 10.2. The standard InChI is InChI=1S/C14H19Cl2N3O/c1-3-18(4-2)10-7-8-19(9-10)14(20)11-5-6-12(15)17-13(11)16/h5-6,10H,3-4,7-9H2,1-2H3. The Labute approximate surface area is 129 Å². The fourth-order valence-corrected chi connectivity index (χ4v) is 3.13. The molecule has 1 fully saturated rings. The molecule has 2 heterocycles. The predicted octanol–water partition coefficient (Wildman–Crippen LogP) is 2.94. The molecule has 1 amide bonds. The molecule has 6 heteroatoms. The van der Waals surface area contributed by atoms with E-state index in [9.17, 15) is 4.79 Å². The highest BCUT2D eigenvalue weighted by atomic mass is 35.5. The van der Waals surface area contributed by atoms with Crippen LogP contribution in [0.1, 0.15) is 30.6 Å². The molecule has 0 spiro atoms. The van der Waals surface area contributed by atoms with Crippen molar-refractivity contribution in [3.8, 4) is 0 Å². The molecule has 0 bridgehead atoms. The Kier molecular flexibility index (Phi) is 5.24. The van der Waals surface area contributed by atoms with Crippen LogP contribution in [0.15, 0.2) is 12.1 Å². The number of rotatable bonds is 4. The van der Waals surface area contributed by atoms with E-state index in [1.54, 1.807) is 12.1 Å². The van der Waals surface area contributed by atoms with Crippen molar-refractivity contribution in [3.63, 3.8) is 0 Å². The Morgan fingerprint density at radius 2 is 2.10 bits per heavy atom. The number of carbonyl (C=O) groups excluding carboxylic acids is 1. The third-order valence-electron chi connectivity index (χ3n) is 3.82. The van der Waals surface area contributed by atoms with Crippen LogP contribution in [0.25, 0.3) is 0 Å². The van der Waals surface area contributed by atoms with Gasteiger partial charge < -0.3 is 4.90 Å². The maximum absolute atomic E-state index is 12.5. The second kappa shape index (κ2) is 6.74. The van der Waals surface area contributed by atoms with Crippen molar-refractivity contribution in [2.24, 2.45) is 0 Å². The molecule has 1 aromatic rings. The summed E-state index contributed by atoms with van der Waals surface area (Å²) in [5, 5.41) is 0.475. The van der Waals surface area contributed by atoms with Crippen molar-refractivity contribution < 1.29 is 4.79 Å². The van der Waals surface area contributed by atoms with E-state index in [4.69, 9.17) is 23.2 Å². The lowest BCUT2D eigenvalue weighted by Crippen LogP contribution is -2.38. The SMILES string of the molecule is CCN(CC)C1CCN(C(=O)c2ccc(Cl)nc2Cl)C1. The van der Waals surface area contributed by atoms with Crippen LogP contribution in [-0.2, 0) is 0 Å². The lowest BCUT2D eigenvalue weighted by molar-refractivity contribution is 0.0778. The molecule has 2 rings (SSSR count). The van der Waals surface area contributed by atoms with Crippen molar-refractivity contribution >= 4 is 29.1 Å². The number of halogens is 2. The summed E-state index contributed by atoms with van der Waals surface area (Å²) < 4.78 is 0. The minimum absolute atomic E-state index is 0.0613. The zero-order chi connectivity index (χ0) is 14.7. The number of hydrogen-bond donors (Lipinski definition) is 0. The number of likely N-dealkylation sites (tertiary alicyclic amines) is 1. The molecule has 1 aliphatic rings. The van der Waals surface area contributed by atoms with Crippen molar-refractivity contribution in [2.75, 3.05) is 26.2 Å². The Bertz CT molecular complexity index is 491. The minimum Gasteiger partial charge on any atom is -0.337 e. The fraction of sp³-hybridized carbons (Fsp3) is 0.571. The molecule has 1 aromatic heterocycles. The maximum Gasteiger partial charge on any atom is 0.257 e. The van der Waals surface area contributed by atoms with Crippen molar-refractivity contribution in [1.82, 2.24) is 14.8 Å². The molecular weight excluding hydrogens is 297 g/mol. The van der Waals surface area contributed by atoms with Crippen LogP contribution in [0.3, 0.4) is 0 Å². The highest BCUT2D eigenvalue weighted by Crippen LogP contribution is 2.22. The number of carbonyl (C=O) groups is 1. The highest BCUT2D eigenvalue weighted by Gasteiger charge is 2.30. The molecule has 1 saturated heterocycles. The van der Waals surface area contributed by atoms with Gasteiger partial charge in [0.2, 0.25) is 0 Å². The van der Waals surface area contributed by atoms with Crippen LogP contribution in [0.4, 0.5) is 0 Å². The second-order valence-electron chi connectivity index (χ2n) is 4.89. The first kappa shape index (κ1) is 15.5. The number of nitrogens with zero attached hydrogens (tertiary/aromatic N) is 3. The molecule has 0 aromatic carbocycles. The number of hydrogen-bond acceptors (Lipinski definition) is 3. The van der Waals surface area contributed by atoms with Gasteiger partial charge in [0.15, 0.2) is 0 Å². The van der Waals surface area contributed by atoms with Crippen LogP contribution in [0, 0.1) is 0 Å². The quantitative estimate of drug-likeness (QED) is 0.801. The summed E-state index contributed by atoms with van der Waals surface area (Å²) in [6, 6.07) is 3.68. The second-order valence-corrected chi connectivity index (χ2v) is 5.63. The number of aromatic nitrogens is 1. The molecule has 0 radical (unpaired) electrons. The van der Waals surface area contributed by atoms with Gasteiger partial charge in [-0.15, -0.1) is 0 Å². The fourth-order valence-electron chi connectivity index (χ4n) is 2.71. The van der Waals surface area contributed by atoms with Crippen LogP contribution < -0.4 is 0 Å². The molecule has 1 atom stereocenters. The summed E-state index contributed by atoms with van der Waals surface area (Å²) in [7, 11) is 0. The number of pyridine rings is 1. The Balaban J connectivity index is 2.08. The van der Waals surface area contributed by atoms with Gasteiger partial charge in [0.1, 0.15) is 10.3 Å². The van der Waals surface area contributed by atoms with E-state index in [2.05, 4.69) is 23.7 Å². The van der Waals surface area contributed by atoms with E-state index >= 15 is 0 Å². The van der Waals surface area contributed by atoms with Crippen LogP contribution in [0.5, 0.6) is 0 Å². The van der Waals surface area contributed by atoms with Gasteiger partial charge in [0.25, 0.3) is 5.91 Å². The molecule has 0 aliphatic carbocycles. The molecule has 0 saturated carbocycles. The third-order valence-corrected chi connectivity index (χ3v) is 4.32. The average molecular weight is 316 g/mol. The van der Waals surface area contributed by atoms with Gasteiger partial charge in [-0.05, 0) is 31.6 Å². The van der Waals surface area contributed by atoms with Gasteiger partial charge in [-0.2, -0.15) is 0 Å².